The first-order valence-corrected chi connectivity index (χ1v) is 7.97. The quantitative estimate of drug-likeness (QED) is 0.756. The van der Waals surface area contributed by atoms with Crippen LogP contribution in [-0.4, -0.2) is 49.7 Å². The number of hydrogen-bond donors (Lipinski definition) is 2. The van der Waals surface area contributed by atoms with Crippen molar-refractivity contribution in [2.75, 3.05) is 32.7 Å². The molecular weight excluding hydrogens is 222 g/mol. The lowest BCUT2D eigenvalue weighted by Crippen LogP contribution is -2.40. The molecular formula is C15H31N3. The lowest BCUT2D eigenvalue weighted by Gasteiger charge is -2.32. The average Bonchev–Trinajstić information content (AvgIpc) is 2.90. The van der Waals surface area contributed by atoms with Gasteiger partial charge in [0.15, 0.2) is 0 Å². The van der Waals surface area contributed by atoms with Gasteiger partial charge in [0.1, 0.15) is 0 Å². The summed E-state index contributed by atoms with van der Waals surface area (Å²) in [5.41, 5.74) is 0. The number of hydrogen-bond acceptors (Lipinski definition) is 3. The molecule has 2 unspecified atom stereocenters. The first-order valence-electron chi connectivity index (χ1n) is 7.97. The highest BCUT2D eigenvalue weighted by Gasteiger charge is 2.20. The molecule has 0 amide bonds. The Kier molecular flexibility index (Phi) is 5.93. The van der Waals surface area contributed by atoms with E-state index in [0.29, 0.717) is 6.04 Å². The van der Waals surface area contributed by atoms with Crippen LogP contribution in [0.2, 0.25) is 0 Å². The van der Waals surface area contributed by atoms with Crippen LogP contribution in [-0.2, 0) is 0 Å². The summed E-state index contributed by atoms with van der Waals surface area (Å²) >= 11 is 0. The van der Waals surface area contributed by atoms with Crippen molar-refractivity contribution < 1.29 is 0 Å². The molecule has 2 saturated heterocycles. The summed E-state index contributed by atoms with van der Waals surface area (Å²) in [4.78, 5) is 2.57. The zero-order valence-corrected chi connectivity index (χ0v) is 12.3. The van der Waals surface area contributed by atoms with Crippen LogP contribution in [0.15, 0.2) is 0 Å². The Morgan fingerprint density at radius 1 is 1.28 bits per heavy atom. The van der Waals surface area contributed by atoms with Crippen LogP contribution in [0.4, 0.5) is 0 Å². The molecule has 0 aromatic carbocycles. The number of nitrogens with zero attached hydrogens (tertiary/aromatic N) is 1. The van der Waals surface area contributed by atoms with Crippen molar-refractivity contribution in [2.24, 2.45) is 5.92 Å². The molecule has 2 aliphatic rings. The zero-order valence-electron chi connectivity index (χ0n) is 12.3. The number of rotatable bonds is 6. The normalized spacial score (nSPS) is 28.7. The van der Waals surface area contributed by atoms with Crippen LogP contribution in [0.3, 0.4) is 0 Å². The Morgan fingerprint density at radius 3 is 2.67 bits per heavy atom. The molecule has 18 heavy (non-hydrogen) atoms. The molecule has 0 aromatic rings. The van der Waals surface area contributed by atoms with Gasteiger partial charge < -0.3 is 15.5 Å². The van der Waals surface area contributed by atoms with Gasteiger partial charge >= 0.3 is 0 Å². The van der Waals surface area contributed by atoms with Gasteiger partial charge in [-0.3, -0.25) is 0 Å². The molecule has 2 atom stereocenters. The van der Waals surface area contributed by atoms with E-state index in [2.05, 4.69) is 29.4 Å². The molecule has 2 fully saturated rings. The minimum atomic E-state index is 0.671. The van der Waals surface area contributed by atoms with E-state index in [1.807, 2.05) is 0 Å². The van der Waals surface area contributed by atoms with E-state index >= 15 is 0 Å². The monoisotopic (exact) mass is 253 g/mol. The van der Waals surface area contributed by atoms with Gasteiger partial charge in [0, 0.05) is 12.1 Å². The summed E-state index contributed by atoms with van der Waals surface area (Å²) in [6.07, 6.45) is 6.81. The maximum atomic E-state index is 3.75. The van der Waals surface area contributed by atoms with Gasteiger partial charge in [0.2, 0.25) is 0 Å². The van der Waals surface area contributed by atoms with Gasteiger partial charge in [-0.15, -0.1) is 0 Å². The predicted octanol–water partition coefficient (Wildman–Crippen LogP) is 1.84. The van der Waals surface area contributed by atoms with Crippen LogP contribution in [0.5, 0.6) is 0 Å². The van der Waals surface area contributed by atoms with Crippen LogP contribution in [0.1, 0.15) is 46.0 Å². The molecule has 2 N–H and O–H groups in total. The summed E-state index contributed by atoms with van der Waals surface area (Å²) in [7, 11) is 0. The van der Waals surface area contributed by atoms with Gasteiger partial charge in [-0.25, -0.2) is 0 Å². The SMILES string of the molecule is CCN1CCC(CNC(C)CC2CCCN2)CC1. The van der Waals surface area contributed by atoms with Crippen molar-refractivity contribution in [3.63, 3.8) is 0 Å². The molecule has 2 aliphatic heterocycles. The van der Waals surface area contributed by atoms with E-state index in [1.54, 1.807) is 0 Å². The molecule has 0 spiro atoms. The fraction of sp³-hybridized carbons (Fsp3) is 1.00. The van der Waals surface area contributed by atoms with Crippen LogP contribution >= 0.6 is 0 Å². The Balaban J connectivity index is 1.56. The van der Waals surface area contributed by atoms with Gasteiger partial charge in [0.05, 0.1) is 0 Å². The molecule has 0 aromatic heterocycles. The van der Waals surface area contributed by atoms with Crippen molar-refractivity contribution in [3.8, 4) is 0 Å². The molecule has 2 rings (SSSR count). The van der Waals surface area contributed by atoms with Crippen molar-refractivity contribution in [2.45, 2.75) is 58.0 Å². The fourth-order valence-electron chi connectivity index (χ4n) is 3.34. The van der Waals surface area contributed by atoms with Crippen LogP contribution in [0.25, 0.3) is 0 Å². The predicted molar refractivity (Wildman–Crippen MR) is 77.9 cm³/mol. The second-order valence-corrected chi connectivity index (χ2v) is 6.22. The third-order valence-electron chi connectivity index (χ3n) is 4.71. The van der Waals surface area contributed by atoms with E-state index in [0.717, 1.165) is 12.0 Å². The van der Waals surface area contributed by atoms with E-state index in [4.69, 9.17) is 0 Å². The maximum Gasteiger partial charge on any atom is 0.00822 e. The van der Waals surface area contributed by atoms with Gasteiger partial charge in [-0.1, -0.05) is 6.92 Å². The highest BCUT2D eigenvalue weighted by Crippen LogP contribution is 2.17. The van der Waals surface area contributed by atoms with Crippen molar-refractivity contribution in [1.29, 1.82) is 0 Å². The minimum absolute atomic E-state index is 0.671. The summed E-state index contributed by atoms with van der Waals surface area (Å²) in [5, 5.41) is 7.35. The zero-order chi connectivity index (χ0) is 12.8. The number of likely N-dealkylation sites (tertiary alicyclic amines) is 1. The van der Waals surface area contributed by atoms with E-state index in [9.17, 15) is 0 Å². The Hall–Kier alpha value is -0.120. The van der Waals surface area contributed by atoms with E-state index in [-0.39, 0.29) is 0 Å². The molecule has 106 valence electrons. The number of nitrogens with one attached hydrogen (secondary N) is 2. The van der Waals surface area contributed by atoms with E-state index in [1.165, 1.54) is 64.8 Å². The molecule has 0 bridgehead atoms. The summed E-state index contributed by atoms with van der Waals surface area (Å²) in [5.74, 6) is 0.909. The first kappa shape index (κ1) is 14.3. The minimum Gasteiger partial charge on any atom is -0.314 e. The van der Waals surface area contributed by atoms with Crippen LogP contribution < -0.4 is 10.6 Å². The molecule has 0 radical (unpaired) electrons. The Morgan fingerprint density at radius 2 is 2.06 bits per heavy atom. The van der Waals surface area contributed by atoms with Crippen LogP contribution in [0, 0.1) is 5.92 Å². The summed E-state index contributed by atoms with van der Waals surface area (Å²) in [6, 6.07) is 1.44. The van der Waals surface area contributed by atoms with Gasteiger partial charge in [-0.2, -0.15) is 0 Å². The average molecular weight is 253 g/mol. The van der Waals surface area contributed by atoms with E-state index < -0.39 is 0 Å². The molecule has 3 nitrogen and oxygen atoms in total. The topological polar surface area (TPSA) is 27.3 Å². The second kappa shape index (κ2) is 7.46. The highest BCUT2D eigenvalue weighted by atomic mass is 15.1. The fourth-order valence-corrected chi connectivity index (χ4v) is 3.34. The van der Waals surface area contributed by atoms with Gasteiger partial charge in [-0.05, 0) is 77.7 Å². The highest BCUT2D eigenvalue weighted by molar-refractivity contribution is 4.80. The Bertz CT molecular complexity index is 218. The number of piperidine rings is 1. The van der Waals surface area contributed by atoms with Crippen molar-refractivity contribution in [3.05, 3.63) is 0 Å². The standard InChI is InChI=1S/C15H31N3/c1-3-18-9-6-14(7-10-18)12-17-13(2)11-15-5-4-8-16-15/h13-17H,3-12H2,1-2H3. The smallest absolute Gasteiger partial charge is 0.00822 e. The van der Waals surface area contributed by atoms with Crippen molar-refractivity contribution in [1.82, 2.24) is 15.5 Å². The third-order valence-corrected chi connectivity index (χ3v) is 4.71. The Labute approximate surface area is 113 Å². The second-order valence-electron chi connectivity index (χ2n) is 6.22. The van der Waals surface area contributed by atoms with Gasteiger partial charge in [0.25, 0.3) is 0 Å². The summed E-state index contributed by atoms with van der Waals surface area (Å²) < 4.78 is 0. The molecule has 3 heteroatoms. The summed E-state index contributed by atoms with van der Waals surface area (Å²) in [6.45, 7) is 10.9. The maximum absolute atomic E-state index is 3.75. The molecule has 2 heterocycles. The molecule has 0 saturated carbocycles. The third kappa shape index (κ3) is 4.52. The largest absolute Gasteiger partial charge is 0.314 e. The molecule has 0 aliphatic carbocycles. The van der Waals surface area contributed by atoms with Crippen molar-refractivity contribution >= 4 is 0 Å². The lowest BCUT2D eigenvalue weighted by molar-refractivity contribution is 0.187. The first-order chi connectivity index (χ1) is 8.78. The lowest BCUT2D eigenvalue weighted by atomic mass is 9.96.